The molecule has 2 rings (SSSR count). The van der Waals surface area contributed by atoms with E-state index in [4.69, 9.17) is 9.52 Å². The van der Waals surface area contributed by atoms with Crippen molar-refractivity contribution in [2.45, 2.75) is 5.75 Å². The molecule has 0 radical (unpaired) electrons. The van der Waals surface area contributed by atoms with E-state index in [-0.39, 0.29) is 18.1 Å². The maximum Gasteiger partial charge on any atom is 0.162 e. The van der Waals surface area contributed by atoms with Crippen LogP contribution in [0.2, 0.25) is 0 Å². The van der Waals surface area contributed by atoms with Gasteiger partial charge in [0.2, 0.25) is 0 Å². The molecule has 0 aromatic carbocycles. The number of aliphatic hydroxyl groups excluding tert-OH is 1. The van der Waals surface area contributed by atoms with Gasteiger partial charge >= 0.3 is 0 Å². The average Bonchev–Trinajstić information content (AvgIpc) is 2.85. The van der Waals surface area contributed by atoms with E-state index in [9.17, 15) is 8.42 Å². The van der Waals surface area contributed by atoms with Crippen molar-refractivity contribution < 1.29 is 17.9 Å². The molecular weight excluding hydrogens is 262 g/mol. The topological polar surface area (TPSA) is 80.4 Å². The Labute approximate surface area is 103 Å². The first-order chi connectivity index (χ1) is 8.11. The van der Waals surface area contributed by atoms with Crippen molar-refractivity contribution in [2.24, 2.45) is 0 Å². The first kappa shape index (κ1) is 12.3. The molecule has 0 atom stereocenters. The Morgan fingerprint density at radius 1 is 1.47 bits per heavy atom. The summed E-state index contributed by atoms with van der Waals surface area (Å²) < 4.78 is 28.1. The highest BCUT2D eigenvalue weighted by Gasteiger charge is 2.15. The summed E-state index contributed by atoms with van der Waals surface area (Å²) >= 11 is 1.33. The smallest absolute Gasteiger partial charge is 0.162 e. The van der Waals surface area contributed by atoms with Gasteiger partial charge in [0, 0.05) is 5.38 Å². The maximum atomic E-state index is 11.5. The number of nitrogens with zero attached hydrogens (tertiary/aromatic N) is 1. The molecule has 0 saturated heterocycles. The van der Waals surface area contributed by atoms with Crippen LogP contribution in [0.1, 0.15) is 5.69 Å². The van der Waals surface area contributed by atoms with Crippen LogP contribution in [0.15, 0.2) is 28.2 Å². The van der Waals surface area contributed by atoms with Gasteiger partial charge in [0.15, 0.2) is 20.6 Å². The van der Waals surface area contributed by atoms with Gasteiger partial charge in [-0.3, -0.25) is 0 Å². The number of furan rings is 1. The summed E-state index contributed by atoms with van der Waals surface area (Å²) in [4.78, 5) is 4.18. The minimum atomic E-state index is -3.28. The zero-order valence-corrected chi connectivity index (χ0v) is 10.5. The quantitative estimate of drug-likeness (QED) is 0.888. The first-order valence-corrected chi connectivity index (χ1v) is 7.60. The third-order valence-corrected chi connectivity index (χ3v) is 4.50. The summed E-state index contributed by atoms with van der Waals surface area (Å²) in [6.45, 7) is -0.364. The van der Waals surface area contributed by atoms with Crippen molar-refractivity contribution >= 4 is 21.2 Å². The van der Waals surface area contributed by atoms with Gasteiger partial charge in [-0.2, -0.15) is 0 Å². The van der Waals surface area contributed by atoms with Gasteiger partial charge in [-0.05, 0) is 12.1 Å². The van der Waals surface area contributed by atoms with Gasteiger partial charge in [-0.1, -0.05) is 0 Å². The highest BCUT2D eigenvalue weighted by Crippen LogP contribution is 2.24. The van der Waals surface area contributed by atoms with Crippen molar-refractivity contribution in [3.05, 3.63) is 29.5 Å². The Kier molecular flexibility index (Phi) is 3.60. The molecule has 0 bridgehead atoms. The van der Waals surface area contributed by atoms with Crippen LogP contribution >= 0.6 is 11.3 Å². The molecule has 2 aromatic heterocycles. The number of rotatable bonds is 5. The van der Waals surface area contributed by atoms with Crippen molar-refractivity contribution in [3.63, 3.8) is 0 Å². The van der Waals surface area contributed by atoms with Crippen LogP contribution in [0, 0.1) is 0 Å². The van der Waals surface area contributed by atoms with E-state index in [0.29, 0.717) is 16.5 Å². The summed E-state index contributed by atoms with van der Waals surface area (Å²) in [6, 6.07) is 3.52. The normalized spacial score (nSPS) is 11.8. The number of hydrogen-bond donors (Lipinski definition) is 1. The van der Waals surface area contributed by atoms with Gasteiger partial charge in [-0.25, -0.2) is 13.4 Å². The second-order valence-electron chi connectivity index (χ2n) is 3.44. The number of hydrogen-bond acceptors (Lipinski definition) is 6. The van der Waals surface area contributed by atoms with Gasteiger partial charge in [0.1, 0.15) is 0 Å². The van der Waals surface area contributed by atoms with E-state index in [1.54, 1.807) is 23.8 Å². The van der Waals surface area contributed by atoms with Gasteiger partial charge in [0.05, 0.1) is 30.1 Å². The Morgan fingerprint density at radius 2 is 2.29 bits per heavy atom. The van der Waals surface area contributed by atoms with Crippen LogP contribution in [0.5, 0.6) is 0 Å². The lowest BCUT2D eigenvalue weighted by atomic mass is 10.5. The molecule has 92 valence electrons. The third-order valence-electron chi connectivity index (χ3n) is 2.05. The summed E-state index contributed by atoms with van der Waals surface area (Å²) in [5, 5.41) is 11.0. The molecule has 0 unspecified atom stereocenters. The van der Waals surface area contributed by atoms with E-state index >= 15 is 0 Å². The van der Waals surface area contributed by atoms with E-state index < -0.39 is 9.84 Å². The summed E-state index contributed by atoms with van der Waals surface area (Å²) in [6.07, 6.45) is 1.54. The minimum absolute atomic E-state index is 0.148. The van der Waals surface area contributed by atoms with Crippen molar-refractivity contribution in [3.8, 4) is 10.8 Å². The largest absolute Gasteiger partial charge is 0.462 e. The molecule has 5 nitrogen and oxygen atoms in total. The molecule has 0 aliphatic rings. The third kappa shape index (κ3) is 3.15. The van der Waals surface area contributed by atoms with Crippen molar-refractivity contribution in [1.29, 1.82) is 0 Å². The maximum absolute atomic E-state index is 11.5. The van der Waals surface area contributed by atoms with Crippen LogP contribution in [0.4, 0.5) is 0 Å². The average molecular weight is 273 g/mol. The molecule has 0 fully saturated rings. The highest BCUT2D eigenvalue weighted by atomic mass is 32.2. The fourth-order valence-electron chi connectivity index (χ4n) is 1.32. The molecule has 0 saturated carbocycles. The summed E-state index contributed by atoms with van der Waals surface area (Å²) in [7, 11) is -3.28. The van der Waals surface area contributed by atoms with Crippen LogP contribution < -0.4 is 0 Å². The molecule has 2 heterocycles. The minimum Gasteiger partial charge on any atom is -0.462 e. The monoisotopic (exact) mass is 273 g/mol. The highest BCUT2D eigenvalue weighted by molar-refractivity contribution is 7.90. The second-order valence-corrected chi connectivity index (χ2v) is 6.48. The molecule has 1 N–H and O–H groups in total. The predicted molar refractivity (Wildman–Crippen MR) is 64.4 cm³/mol. The van der Waals surface area contributed by atoms with E-state index in [2.05, 4.69) is 4.98 Å². The number of thiazole rings is 1. The summed E-state index contributed by atoms with van der Waals surface area (Å²) in [5.41, 5.74) is 0.481. The molecule has 17 heavy (non-hydrogen) atoms. The standard InChI is InChI=1S/C10H11NO4S2/c12-3-5-17(13,14)7-8-6-16-10(11-8)9-2-1-4-15-9/h1-2,4,6,12H,3,5,7H2. The summed E-state index contributed by atoms with van der Waals surface area (Å²) in [5.74, 6) is 0.242. The Hall–Kier alpha value is -1.18. The first-order valence-electron chi connectivity index (χ1n) is 4.90. The zero-order chi connectivity index (χ0) is 12.3. The van der Waals surface area contributed by atoms with Crippen molar-refractivity contribution in [1.82, 2.24) is 4.98 Å². The van der Waals surface area contributed by atoms with Crippen molar-refractivity contribution in [2.75, 3.05) is 12.4 Å². The molecule has 2 aromatic rings. The Morgan fingerprint density at radius 3 is 2.94 bits per heavy atom. The van der Waals surface area contributed by atoms with E-state index in [0.717, 1.165) is 0 Å². The zero-order valence-electron chi connectivity index (χ0n) is 8.87. The molecule has 0 amide bonds. The molecular formula is C10H11NO4S2. The van der Waals surface area contributed by atoms with Gasteiger partial charge < -0.3 is 9.52 Å². The molecule has 0 aliphatic carbocycles. The Bertz CT molecular complexity index is 571. The fourth-order valence-corrected chi connectivity index (χ4v) is 3.24. The Balaban J connectivity index is 2.15. The SMILES string of the molecule is O=S(=O)(CCO)Cc1csc(-c2ccco2)n1. The predicted octanol–water partition coefficient (Wildman–Crippen LogP) is 1.31. The number of sulfone groups is 1. The van der Waals surface area contributed by atoms with Gasteiger partial charge in [0.25, 0.3) is 0 Å². The van der Waals surface area contributed by atoms with E-state index in [1.165, 1.54) is 11.3 Å². The molecule has 7 heteroatoms. The van der Waals surface area contributed by atoms with E-state index in [1.807, 2.05) is 0 Å². The van der Waals surface area contributed by atoms with Gasteiger partial charge in [-0.15, -0.1) is 11.3 Å². The van der Waals surface area contributed by atoms with Crippen LogP contribution in [0.3, 0.4) is 0 Å². The second kappa shape index (κ2) is 4.99. The number of aliphatic hydroxyl groups is 1. The molecule has 0 aliphatic heterocycles. The molecule has 0 spiro atoms. The lowest BCUT2D eigenvalue weighted by molar-refractivity contribution is 0.319. The van der Waals surface area contributed by atoms with Crippen LogP contribution in [-0.2, 0) is 15.6 Å². The number of aromatic nitrogens is 1. The lowest BCUT2D eigenvalue weighted by Gasteiger charge is -1.98. The fraction of sp³-hybridized carbons (Fsp3) is 0.300. The van der Waals surface area contributed by atoms with Crippen LogP contribution in [-0.4, -0.2) is 30.9 Å². The lowest BCUT2D eigenvalue weighted by Crippen LogP contribution is -2.12. The van der Waals surface area contributed by atoms with Crippen LogP contribution in [0.25, 0.3) is 10.8 Å².